The van der Waals surface area contributed by atoms with E-state index in [-0.39, 0.29) is 17.9 Å². The summed E-state index contributed by atoms with van der Waals surface area (Å²) in [5, 5.41) is 5.04. The zero-order valence-electron chi connectivity index (χ0n) is 21.0. The van der Waals surface area contributed by atoms with Gasteiger partial charge in [-0.2, -0.15) is 5.10 Å². The van der Waals surface area contributed by atoms with Crippen LogP contribution in [0.5, 0.6) is 0 Å². The van der Waals surface area contributed by atoms with Crippen molar-refractivity contribution in [3.63, 3.8) is 0 Å². The van der Waals surface area contributed by atoms with Crippen LogP contribution in [0.2, 0.25) is 0 Å². The molecule has 1 aromatic heterocycles. The largest absolute Gasteiger partial charge is 0.376 e. The van der Waals surface area contributed by atoms with E-state index in [4.69, 9.17) is 9.84 Å². The number of aromatic nitrogens is 2. The highest BCUT2D eigenvalue weighted by atomic mass is 16.5. The minimum atomic E-state index is 0.0300. The Hall–Kier alpha value is -3.12. The Labute approximate surface area is 203 Å². The van der Waals surface area contributed by atoms with Crippen molar-refractivity contribution >= 4 is 11.7 Å². The molecule has 1 fully saturated rings. The summed E-state index contributed by atoms with van der Waals surface area (Å²) in [6.45, 7) is 8.19. The number of nitrogens with zero attached hydrogens (tertiary/aromatic N) is 4. The molecule has 0 bridgehead atoms. The summed E-state index contributed by atoms with van der Waals surface area (Å²) in [6, 6.07) is 18.0. The van der Waals surface area contributed by atoms with Crippen LogP contribution in [0.1, 0.15) is 59.8 Å². The van der Waals surface area contributed by atoms with E-state index in [0.29, 0.717) is 18.7 Å². The summed E-state index contributed by atoms with van der Waals surface area (Å²) < 4.78 is 7.94. The number of carbonyl (C=O) groups excluding carboxylic acids is 1. The third kappa shape index (κ3) is 5.17. The molecule has 6 heteroatoms. The average Bonchev–Trinajstić information content (AvgIpc) is 3.47. The molecule has 2 aromatic carbocycles. The van der Waals surface area contributed by atoms with Crippen LogP contribution in [0.25, 0.3) is 5.69 Å². The fourth-order valence-electron chi connectivity index (χ4n) is 4.61. The molecule has 0 unspecified atom stereocenters. The predicted molar refractivity (Wildman–Crippen MR) is 137 cm³/mol. The second-order valence-corrected chi connectivity index (χ2v) is 9.67. The van der Waals surface area contributed by atoms with Crippen LogP contribution in [0, 0.1) is 6.92 Å². The molecule has 1 aliphatic rings. The van der Waals surface area contributed by atoms with Gasteiger partial charge in [-0.05, 0) is 49.9 Å². The van der Waals surface area contributed by atoms with E-state index in [9.17, 15) is 4.79 Å². The summed E-state index contributed by atoms with van der Waals surface area (Å²) in [4.78, 5) is 17.8. The molecule has 0 N–H and O–H groups in total. The lowest BCUT2D eigenvalue weighted by atomic mass is 10.0. The van der Waals surface area contributed by atoms with Gasteiger partial charge >= 0.3 is 0 Å². The van der Waals surface area contributed by atoms with Crippen molar-refractivity contribution in [2.75, 3.05) is 32.1 Å². The van der Waals surface area contributed by atoms with E-state index >= 15 is 0 Å². The first-order chi connectivity index (χ1) is 16.3. The van der Waals surface area contributed by atoms with Crippen molar-refractivity contribution in [2.24, 2.45) is 0 Å². The number of hydrogen-bond acceptors (Lipinski definition) is 4. The molecule has 1 amide bonds. The third-order valence-electron chi connectivity index (χ3n) is 6.34. The summed E-state index contributed by atoms with van der Waals surface area (Å²) in [5.74, 6) is 1.25. The molecule has 1 saturated heterocycles. The second kappa shape index (κ2) is 10.4. The standard InChI is InChI=1S/C28H36N4O2/c1-20(2)26-25(27(30(4)5)32(29-26)23-10-7-6-8-11-23)19-31(18-24-12-9-17-34-24)28(33)22-15-13-21(3)14-16-22/h6-8,10-11,13-16,20,24H,9,12,17-19H2,1-5H3/t24-/m1/s1. The van der Waals surface area contributed by atoms with Crippen LogP contribution in [0.15, 0.2) is 54.6 Å². The Bertz CT molecular complexity index is 1100. The molecule has 1 atom stereocenters. The molecule has 0 spiro atoms. The number of benzene rings is 2. The predicted octanol–water partition coefficient (Wildman–Crippen LogP) is 5.19. The van der Waals surface area contributed by atoms with Gasteiger partial charge < -0.3 is 14.5 Å². The van der Waals surface area contributed by atoms with E-state index in [1.807, 2.05) is 73.1 Å². The van der Waals surface area contributed by atoms with Crippen LogP contribution in [0.4, 0.5) is 5.82 Å². The fourth-order valence-corrected chi connectivity index (χ4v) is 4.61. The quantitative estimate of drug-likeness (QED) is 0.464. The molecule has 1 aliphatic heterocycles. The van der Waals surface area contributed by atoms with E-state index in [2.05, 4.69) is 30.9 Å². The zero-order valence-corrected chi connectivity index (χ0v) is 21.0. The zero-order chi connectivity index (χ0) is 24.2. The Balaban J connectivity index is 1.77. The van der Waals surface area contributed by atoms with Gasteiger partial charge in [-0.15, -0.1) is 0 Å². The van der Waals surface area contributed by atoms with Gasteiger partial charge in [-0.1, -0.05) is 49.7 Å². The summed E-state index contributed by atoms with van der Waals surface area (Å²) in [7, 11) is 4.08. The van der Waals surface area contributed by atoms with Gasteiger partial charge in [0.15, 0.2) is 0 Å². The highest BCUT2D eigenvalue weighted by Gasteiger charge is 2.29. The number of amides is 1. The maximum absolute atomic E-state index is 13.7. The maximum atomic E-state index is 13.7. The Kier molecular flexibility index (Phi) is 7.37. The van der Waals surface area contributed by atoms with E-state index < -0.39 is 0 Å². The highest BCUT2D eigenvalue weighted by Crippen LogP contribution is 2.32. The molecular formula is C28H36N4O2. The van der Waals surface area contributed by atoms with Crippen LogP contribution in [-0.4, -0.2) is 53.9 Å². The number of carbonyl (C=O) groups is 1. The van der Waals surface area contributed by atoms with Gasteiger partial charge in [0.05, 0.1) is 24.0 Å². The van der Waals surface area contributed by atoms with Gasteiger partial charge in [0.2, 0.25) is 0 Å². The monoisotopic (exact) mass is 460 g/mol. The number of aryl methyl sites for hydroxylation is 1. The third-order valence-corrected chi connectivity index (χ3v) is 6.34. The summed E-state index contributed by atoms with van der Waals surface area (Å²) >= 11 is 0. The molecule has 0 radical (unpaired) electrons. The number of para-hydroxylation sites is 1. The van der Waals surface area contributed by atoms with E-state index in [1.165, 1.54) is 0 Å². The number of ether oxygens (including phenoxy) is 1. The number of rotatable bonds is 8. The first-order valence-electron chi connectivity index (χ1n) is 12.2. The fraction of sp³-hybridized carbons (Fsp3) is 0.429. The molecule has 180 valence electrons. The molecule has 3 aromatic rings. The molecule has 34 heavy (non-hydrogen) atoms. The van der Waals surface area contributed by atoms with Gasteiger partial charge in [0.1, 0.15) is 5.82 Å². The first-order valence-corrected chi connectivity index (χ1v) is 12.2. The van der Waals surface area contributed by atoms with Gasteiger partial charge in [-0.25, -0.2) is 4.68 Å². The van der Waals surface area contributed by atoms with Crippen molar-refractivity contribution in [1.29, 1.82) is 0 Å². The summed E-state index contributed by atoms with van der Waals surface area (Å²) in [5.41, 5.74) is 4.96. The van der Waals surface area contributed by atoms with E-state index in [0.717, 1.165) is 47.8 Å². The lowest BCUT2D eigenvalue weighted by molar-refractivity contribution is 0.0507. The molecule has 0 saturated carbocycles. The van der Waals surface area contributed by atoms with E-state index in [1.54, 1.807) is 0 Å². The van der Waals surface area contributed by atoms with Crippen LogP contribution in [-0.2, 0) is 11.3 Å². The lowest BCUT2D eigenvalue weighted by Crippen LogP contribution is -2.37. The van der Waals surface area contributed by atoms with Crippen molar-refractivity contribution in [3.05, 3.63) is 77.0 Å². The van der Waals surface area contributed by atoms with Crippen molar-refractivity contribution in [2.45, 2.75) is 52.2 Å². The minimum absolute atomic E-state index is 0.0300. The average molecular weight is 461 g/mol. The number of hydrogen-bond donors (Lipinski definition) is 0. The SMILES string of the molecule is Cc1ccc(C(=O)N(Cc2c(C(C)C)nn(-c3ccccc3)c2N(C)C)C[C@H]2CCCO2)cc1. The molecule has 4 rings (SSSR count). The Morgan fingerprint density at radius 1 is 1.12 bits per heavy atom. The van der Waals surface area contributed by atoms with Gasteiger partial charge in [-0.3, -0.25) is 4.79 Å². The molecule has 2 heterocycles. The van der Waals surface area contributed by atoms with Crippen molar-refractivity contribution in [1.82, 2.24) is 14.7 Å². The Morgan fingerprint density at radius 2 is 1.82 bits per heavy atom. The van der Waals surface area contributed by atoms with Crippen LogP contribution in [0.3, 0.4) is 0 Å². The first kappa shape index (κ1) is 24.0. The molecule has 0 aliphatic carbocycles. The molecular weight excluding hydrogens is 424 g/mol. The smallest absolute Gasteiger partial charge is 0.254 e. The topological polar surface area (TPSA) is 50.6 Å². The lowest BCUT2D eigenvalue weighted by Gasteiger charge is -2.27. The highest BCUT2D eigenvalue weighted by molar-refractivity contribution is 5.94. The Morgan fingerprint density at radius 3 is 2.41 bits per heavy atom. The van der Waals surface area contributed by atoms with Gasteiger partial charge in [0, 0.05) is 38.4 Å². The molecule has 6 nitrogen and oxygen atoms in total. The maximum Gasteiger partial charge on any atom is 0.254 e. The van der Waals surface area contributed by atoms with Crippen molar-refractivity contribution < 1.29 is 9.53 Å². The minimum Gasteiger partial charge on any atom is -0.376 e. The van der Waals surface area contributed by atoms with Crippen LogP contribution < -0.4 is 4.90 Å². The number of anilines is 1. The van der Waals surface area contributed by atoms with Gasteiger partial charge in [0.25, 0.3) is 5.91 Å². The van der Waals surface area contributed by atoms with Crippen LogP contribution >= 0.6 is 0 Å². The van der Waals surface area contributed by atoms with Crippen molar-refractivity contribution in [3.8, 4) is 5.69 Å². The summed E-state index contributed by atoms with van der Waals surface area (Å²) in [6.07, 6.45) is 2.10. The second-order valence-electron chi connectivity index (χ2n) is 9.67. The normalized spacial score (nSPS) is 15.6.